The molecule has 31 heavy (non-hydrogen) atoms. The SMILES string of the molecule is COC[C@H]1O[C@H](O[C@H]2[C@H](OC)[C@@H](OC)[C@H](OC)O[C@@H]2COC)[C@H](OC)[C@@H](OC)[C@@H]1OC. The normalized spacial score (nSPS) is 41.4. The van der Waals surface area contributed by atoms with Gasteiger partial charge in [0.1, 0.15) is 48.8 Å². The fourth-order valence-corrected chi connectivity index (χ4v) is 4.29. The van der Waals surface area contributed by atoms with E-state index in [9.17, 15) is 0 Å². The van der Waals surface area contributed by atoms with Crippen molar-refractivity contribution in [3.8, 4) is 0 Å². The molecule has 2 aliphatic heterocycles. The second kappa shape index (κ2) is 13.3. The Labute approximate surface area is 184 Å². The van der Waals surface area contributed by atoms with Gasteiger partial charge in [-0.3, -0.25) is 0 Å². The zero-order valence-electron chi connectivity index (χ0n) is 19.7. The van der Waals surface area contributed by atoms with Crippen molar-refractivity contribution in [3.05, 3.63) is 0 Å². The molecule has 0 unspecified atom stereocenters. The Hall–Kier alpha value is -0.440. The fraction of sp³-hybridized carbons (Fsp3) is 1.00. The highest BCUT2D eigenvalue weighted by Gasteiger charge is 2.53. The average molecular weight is 455 g/mol. The molecular weight excluding hydrogens is 416 g/mol. The smallest absolute Gasteiger partial charge is 0.187 e. The first-order valence-corrected chi connectivity index (χ1v) is 10.2. The van der Waals surface area contributed by atoms with Crippen molar-refractivity contribution in [2.75, 3.05) is 70.1 Å². The summed E-state index contributed by atoms with van der Waals surface area (Å²) in [6.45, 7) is 0.540. The first-order valence-electron chi connectivity index (χ1n) is 10.2. The third-order valence-electron chi connectivity index (χ3n) is 5.73. The molecule has 0 N–H and O–H groups in total. The van der Waals surface area contributed by atoms with Crippen molar-refractivity contribution in [2.24, 2.45) is 0 Å². The predicted molar refractivity (Wildman–Crippen MR) is 107 cm³/mol. The van der Waals surface area contributed by atoms with Crippen LogP contribution in [-0.2, 0) is 52.1 Å². The van der Waals surface area contributed by atoms with Gasteiger partial charge in [-0.15, -0.1) is 0 Å². The molecule has 0 amide bonds. The molecule has 2 aliphatic rings. The minimum Gasteiger partial charge on any atom is -0.382 e. The standard InChI is InChI=1S/C20H38O11/c1-21-9-11-13(23-3)15(24-4)18(27-7)20(30-11)31-14-12(10-22-2)29-19(28-8)17(26-6)16(14)25-5/h11-20H,9-10H2,1-8H3/t11-,12-,13-,14-,15+,16+,17-,18-,19-,20-/m1/s1. The van der Waals surface area contributed by atoms with E-state index < -0.39 is 61.4 Å². The summed E-state index contributed by atoms with van der Waals surface area (Å²) in [6, 6.07) is 0. The lowest BCUT2D eigenvalue weighted by atomic mass is 9.96. The van der Waals surface area contributed by atoms with Gasteiger partial charge in [0, 0.05) is 56.9 Å². The van der Waals surface area contributed by atoms with Crippen LogP contribution < -0.4 is 0 Å². The van der Waals surface area contributed by atoms with E-state index in [2.05, 4.69) is 0 Å². The molecule has 0 aromatic rings. The highest BCUT2D eigenvalue weighted by molar-refractivity contribution is 4.96. The van der Waals surface area contributed by atoms with Gasteiger partial charge in [-0.05, 0) is 0 Å². The van der Waals surface area contributed by atoms with Crippen LogP contribution in [0.4, 0.5) is 0 Å². The van der Waals surface area contributed by atoms with Crippen molar-refractivity contribution < 1.29 is 52.1 Å². The average Bonchev–Trinajstić information content (AvgIpc) is 2.79. The highest BCUT2D eigenvalue weighted by atomic mass is 16.8. The van der Waals surface area contributed by atoms with Crippen LogP contribution >= 0.6 is 0 Å². The van der Waals surface area contributed by atoms with Crippen molar-refractivity contribution in [1.82, 2.24) is 0 Å². The van der Waals surface area contributed by atoms with E-state index in [0.29, 0.717) is 0 Å². The van der Waals surface area contributed by atoms with Crippen LogP contribution in [0.5, 0.6) is 0 Å². The van der Waals surface area contributed by atoms with Crippen molar-refractivity contribution in [2.45, 2.75) is 61.4 Å². The molecule has 0 spiro atoms. The first kappa shape index (κ1) is 26.8. The lowest BCUT2D eigenvalue weighted by Gasteiger charge is -2.49. The van der Waals surface area contributed by atoms with Gasteiger partial charge in [-0.1, -0.05) is 0 Å². The molecule has 0 aromatic carbocycles. The molecule has 0 bridgehead atoms. The van der Waals surface area contributed by atoms with Gasteiger partial charge in [0.05, 0.1) is 13.2 Å². The van der Waals surface area contributed by atoms with E-state index in [1.54, 1.807) is 56.9 Å². The Morgan fingerprint density at radius 3 is 1.32 bits per heavy atom. The summed E-state index contributed by atoms with van der Waals surface area (Å²) in [5, 5.41) is 0. The quantitative estimate of drug-likeness (QED) is 0.393. The summed E-state index contributed by atoms with van der Waals surface area (Å²) in [5.41, 5.74) is 0. The molecule has 0 saturated carbocycles. The van der Waals surface area contributed by atoms with E-state index in [1.165, 1.54) is 0 Å². The summed E-state index contributed by atoms with van der Waals surface area (Å²) in [4.78, 5) is 0. The predicted octanol–water partition coefficient (Wildman–Crippen LogP) is -0.164. The van der Waals surface area contributed by atoms with Crippen LogP contribution in [0.1, 0.15) is 0 Å². The zero-order chi connectivity index (χ0) is 23.0. The molecule has 0 radical (unpaired) electrons. The second-order valence-electron chi connectivity index (χ2n) is 7.33. The van der Waals surface area contributed by atoms with Gasteiger partial charge in [-0.25, -0.2) is 0 Å². The van der Waals surface area contributed by atoms with E-state index >= 15 is 0 Å². The van der Waals surface area contributed by atoms with E-state index in [4.69, 9.17) is 52.1 Å². The topological polar surface area (TPSA) is 102 Å². The van der Waals surface area contributed by atoms with Crippen LogP contribution in [-0.4, -0.2) is 132 Å². The maximum atomic E-state index is 6.43. The summed E-state index contributed by atoms with van der Waals surface area (Å²) >= 11 is 0. The van der Waals surface area contributed by atoms with Crippen LogP contribution in [0.2, 0.25) is 0 Å². The van der Waals surface area contributed by atoms with Crippen LogP contribution in [0, 0.1) is 0 Å². The van der Waals surface area contributed by atoms with Crippen LogP contribution in [0.3, 0.4) is 0 Å². The Balaban J connectivity index is 2.32. The molecule has 2 heterocycles. The number of methoxy groups -OCH3 is 8. The number of rotatable bonds is 12. The van der Waals surface area contributed by atoms with Crippen molar-refractivity contribution in [3.63, 3.8) is 0 Å². The van der Waals surface area contributed by atoms with Gasteiger partial charge in [0.2, 0.25) is 0 Å². The van der Waals surface area contributed by atoms with E-state index in [1.807, 2.05) is 0 Å². The Morgan fingerprint density at radius 2 is 0.871 bits per heavy atom. The third kappa shape index (κ3) is 5.92. The summed E-state index contributed by atoms with van der Waals surface area (Å²) in [7, 11) is 12.6. The number of hydrogen-bond acceptors (Lipinski definition) is 11. The first-order chi connectivity index (χ1) is 15.0. The molecular formula is C20H38O11. The minimum atomic E-state index is -0.816. The Morgan fingerprint density at radius 1 is 0.452 bits per heavy atom. The summed E-state index contributed by atoms with van der Waals surface area (Å²) in [5.74, 6) is 0. The number of ether oxygens (including phenoxy) is 11. The molecule has 10 atom stereocenters. The maximum absolute atomic E-state index is 6.43. The third-order valence-corrected chi connectivity index (χ3v) is 5.73. The van der Waals surface area contributed by atoms with Gasteiger partial charge in [-0.2, -0.15) is 0 Å². The summed E-state index contributed by atoms with van der Waals surface area (Å²) in [6.07, 6.45) is -5.50. The van der Waals surface area contributed by atoms with Gasteiger partial charge in [0.15, 0.2) is 12.6 Å². The number of hydrogen-bond donors (Lipinski definition) is 0. The summed E-state index contributed by atoms with van der Waals surface area (Å²) < 4.78 is 63.2. The Bertz CT molecular complexity index is 496. The molecule has 0 aromatic heterocycles. The molecule has 0 aliphatic carbocycles. The lowest BCUT2D eigenvalue weighted by Crippen LogP contribution is -2.66. The van der Waals surface area contributed by atoms with Crippen LogP contribution in [0.15, 0.2) is 0 Å². The molecule has 2 rings (SSSR count). The molecule has 2 fully saturated rings. The second-order valence-corrected chi connectivity index (χ2v) is 7.33. The minimum absolute atomic E-state index is 0.251. The maximum Gasteiger partial charge on any atom is 0.187 e. The van der Waals surface area contributed by atoms with Crippen molar-refractivity contribution in [1.29, 1.82) is 0 Å². The van der Waals surface area contributed by atoms with E-state index in [-0.39, 0.29) is 13.2 Å². The van der Waals surface area contributed by atoms with Gasteiger partial charge in [0.25, 0.3) is 0 Å². The van der Waals surface area contributed by atoms with Crippen LogP contribution in [0.25, 0.3) is 0 Å². The van der Waals surface area contributed by atoms with E-state index in [0.717, 1.165) is 0 Å². The largest absolute Gasteiger partial charge is 0.382 e. The monoisotopic (exact) mass is 454 g/mol. The lowest BCUT2D eigenvalue weighted by molar-refractivity contribution is -0.365. The molecule has 11 nitrogen and oxygen atoms in total. The molecule has 2 saturated heterocycles. The Kier molecular flexibility index (Phi) is 11.5. The van der Waals surface area contributed by atoms with Gasteiger partial charge < -0.3 is 52.1 Å². The fourth-order valence-electron chi connectivity index (χ4n) is 4.29. The molecule has 11 heteroatoms. The highest BCUT2D eigenvalue weighted by Crippen LogP contribution is 2.33. The van der Waals surface area contributed by atoms with Gasteiger partial charge >= 0.3 is 0 Å². The zero-order valence-corrected chi connectivity index (χ0v) is 19.7. The molecule has 184 valence electrons. The van der Waals surface area contributed by atoms with Crippen molar-refractivity contribution >= 4 is 0 Å².